The van der Waals surface area contributed by atoms with Crippen LogP contribution in [0.25, 0.3) is 0 Å². The van der Waals surface area contributed by atoms with Crippen molar-refractivity contribution in [2.75, 3.05) is 79.2 Å². The number of ether oxygens (including phenoxy) is 1. The Morgan fingerprint density at radius 3 is 1.19 bits per heavy atom. The summed E-state index contributed by atoms with van der Waals surface area (Å²) in [4.78, 5) is 92.5. The first-order valence-electron chi connectivity index (χ1n) is 42.3. The van der Waals surface area contributed by atoms with E-state index < -0.39 is 0 Å². The average Bonchev–Trinajstić information content (AvgIpc) is 0.735. The van der Waals surface area contributed by atoms with Gasteiger partial charge in [-0.25, -0.2) is 0 Å². The van der Waals surface area contributed by atoms with E-state index in [2.05, 4.69) is 89.2 Å². The van der Waals surface area contributed by atoms with Gasteiger partial charge in [0.2, 0.25) is 41.4 Å². The lowest BCUT2D eigenvalue weighted by atomic mass is 9.52. The summed E-state index contributed by atoms with van der Waals surface area (Å²) in [5, 5.41) is 2.89. The van der Waals surface area contributed by atoms with Crippen LogP contribution in [-0.2, 0) is 44.8 Å². The molecule has 6 fully saturated rings. The number of hydrogen-bond donors (Lipinski definition) is 1. The number of carbonyl (C=O) groups excluding carboxylic acids is 7. The van der Waals surface area contributed by atoms with Crippen LogP contribution in [-0.4, -0.2) is 155 Å². The highest BCUT2D eigenvalue weighted by atomic mass is 16.5. The van der Waals surface area contributed by atoms with E-state index in [1.165, 1.54) is 173 Å². The van der Waals surface area contributed by atoms with Crippen molar-refractivity contribution in [3.05, 3.63) is 157 Å². The number of likely N-dealkylation sites (N-methyl/N-ethyl adjacent to an activating group) is 3. The Hall–Kier alpha value is -7.13. The lowest BCUT2D eigenvalue weighted by Crippen LogP contribution is -2.61. The molecule has 1 atom stereocenters. The number of amides is 7. The molecule has 2 aromatic rings. The highest BCUT2D eigenvalue weighted by molar-refractivity contribution is 5.95. The minimum atomic E-state index is -0.00801. The summed E-state index contributed by atoms with van der Waals surface area (Å²) >= 11 is 0. The molecule has 4 aliphatic carbocycles. The van der Waals surface area contributed by atoms with Crippen molar-refractivity contribution < 1.29 is 38.3 Å². The van der Waals surface area contributed by atoms with E-state index in [-0.39, 0.29) is 52.9 Å². The number of morpholine rings is 1. The quantitative estimate of drug-likeness (QED) is 0.0514. The number of nitrogens with one attached hydrogen (secondary N) is 1. The summed E-state index contributed by atoms with van der Waals surface area (Å²) < 4.78 is 5.11. The van der Waals surface area contributed by atoms with Crippen LogP contribution in [0.2, 0.25) is 0 Å². The van der Waals surface area contributed by atoms with Gasteiger partial charge in [-0.2, -0.15) is 0 Å². The zero-order valence-corrected chi connectivity index (χ0v) is 71.7. The minimum absolute atomic E-state index is 0.00374. The van der Waals surface area contributed by atoms with Crippen molar-refractivity contribution in [2.45, 2.75) is 301 Å². The van der Waals surface area contributed by atoms with Crippen LogP contribution in [0.5, 0.6) is 0 Å². The van der Waals surface area contributed by atoms with Gasteiger partial charge in [0.1, 0.15) is 0 Å². The van der Waals surface area contributed by atoms with E-state index in [9.17, 15) is 33.6 Å². The molecule has 8 rings (SSSR count). The zero-order valence-electron chi connectivity index (χ0n) is 71.7. The van der Waals surface area contributed by atoms with Gasteiger partial charge in [0, 0.05) is 117 Å². The van der Waals surface area contributed by atoms with E-state index in [1.54, 1.807) is 63.3 Å². The third-order valence-electron chi connectivity index (χ3n) is 21.2. The molecule has 614 valence electrons. The fourth-order valence-corrected chi connectivity index (χ4v) is 15.2. The normalized spacial score (nSPS) is 17.1. The Morgan fingerprint density at radius 1 is 0.450 bits per heavy atom. The Labute approximate surface area is 665 Å². The maximum Gasteiger partial charge on any atom is 0.249 e. The third kappa shape index (κ3) is 41.6. The van der Waals surface area contributed by atoms with Crippen molar-refractivity contribution in [1.29, 1.82) is 0 Å². The molecule has 7 amide bonds. The van der Waals surface area contributed by atoms with Crippen LogP contribution in [0.3, 0.4) is 0 Å². The van der Waals surface area contributed by atoms with Crippen molar-refractivity contribution in [1.82, 2.24) is 34.7 Å². The van der Waals surface area contributed by atoms with E-state index in [0.29, 0.717) is 71.9 Å². The Kier molecular flexibility index (Phi) is 53.8. The molecule has 2 aliphatic heterocycles. The molecule has 2 saturated heterocycles. The molecule has 2 aromatic carbocycles. The molecule has 4 bridgehead atoms. The molecule has 109 heavy (non-hydrogen) atoms. The second-order valence-electron chi connectivity index (χ2n) is 31.6. The number of likely N-dealkylation sites (tertiary alicyclic amines) is 1. The van der Waals surface area contributed by atoms with Gasteiger partial charge >= 0.3 is 0 Å². The maximum absolute atomic E-state index is 12.4. The van der Waals surface area contributed by atoms with Gasteiger partial charge in [-0.05, 0) is 176 Å². The fourth-order valence-electron chi connectivity index (χ4n) is 15.2. The summed E-state index contributed by atoms with van der Waals surface area (Å²) in [6.07, 6.45) is 39.8. The van der Waals surface area contributed by atoms with E-state index in [0.717, 1.165) is 94.8 Å². The van der Waals surface area contributed by atoms with Gasteiger partial charge in [0.05, 0.1) is 19.3 Å². The average molecular weight is 1510 g/mol. The second-order valence-corrected chi connectivity index (χ2v) is 31.6. The van der Waals surface area contributed by atoms with Gasteiger partial charge in [-0.1, -0.05) is 243 Å². The molecular formula is C94H155N7O8. The fraction of sp³-hybridized carbons (Fsp3) is 0.649. The lowest BCUT2D eigenvalue weighted by molar-refractivity contribution is -0.146. The van der Waals surface area contributed by atoms with Gasteiger partial charge in [-0.3, -0.25) is 33.6 Å². The molecule has 15 heteroatoms. The lowest BCUT2D eigenvalue weighted by Gasteiger charge is -2.60. The van der Waals surface area contributed by atoms with Crippen LogP contribution in [0.4, 0.5) is 0 Å². The molecule has 1 N–H and O–H groups in total. The van der Waals surface area contributed by atoms with Gasteiger partial charge in [0.25, 0.3) is 0 Å². The maximum atomic E-state index is 12.4. The molecule has 2 heterocycles. The Bertz CT molecular complexity index is 2950. The molecular weight excluding hydrogens is 1360 g/mol. The van der Waals surface area contributed by atoms with Crippen LogP contribution < -0.4 is 5.32 Å². The first kappa shape index (κ1) is 99.9. The number of rotatable bonds is 38. The monoisotopic (exact) mass is 1510 g/mol. The number of unbranched alkanes of at least 4 members (excludes halogenated alkanes) is 19. The van der Waals surface area contributed by atoms with Crippen LogP contribution in [0.1, 0.15) is 300 Å². The largest absolute Gasteiger partial charge is 0.378 e. The minimum Gasteiger partial charge on any atom is -0.378 e. The number of carbonyl (C=O) groups is 7. The predicted octanol–water partition coefficient (Wildman–Crippen LogP) is 21.1. The SMILES string of the molecule is C=C(C)C(=O)N(C)C(C)c1ccccc1.C=C(C)C(=O)N(CC)C12CC3CC(CC(C3)C1)C2.C=C(C)C(=O)N(CC)CC.C=C(C)C(=O)N(CCCCCCC)Cc1ccccc1.C=C(C)C(=O)N1CCCCC1.C=C(C)C(=O)N1CCOCC1.C=C(C)C(=O)NCCCCCCCCCCCCCCCCCC. The van der Waals surface area contributed by atoms with E-state index >= 15 is 0 Å². The van der Waals surface area contributed by atoms with Crippen molar-refractivity contribution in [2.24, 2.45) is 17.8 Å². The molecule has 15 nitrogen and oxygen atoms in total. The van der Waals surface area contributed by atoms with Gasteiger partial charge < -0.3 is 39.5 Å². The molecule has 4 saturated carbocycles. The van der Waals surface area contributed by atoms with E-state index in [1.807, 2.05) is 86.0 Å². The first-order valence-corrected chi connectivity index (χ1v) is 42.3. The predicted molar refractivity (Wildman–Crippen MR) is 459 cm³/mol. The molecule has 0 spiro atoms. The Morgan fingerprint density at radius 2 is 0.826 bits per heavy atom. The van der Waals surface area contributed by atoms with Crippen LogP contribution in [0.15, 0.2) is 146 Å². The molecule has 6 aliphatic rings. The number of benzene rings is 2. The van der Waals surface area contributed by atoms with Crippen molar-refractivity contribution >= 4 is 41.4 Å². The summed E-state index contributed by atoms with van der Waals surface area (Å²) in [7, 11) is 1.80. The third-order valence-corrected chi connectivity index (χ3v) is 21.2. The van der Waals surface area contributed by atoms with Gasteiger partial charge in [-0.15, -0.1) is 0 Å². The first-order chi connectivity index (χ1) is 52.0. The Balaban J connectivity index is 0.000000649. The number of nitrogens with zero attached hydrogens (tertiary/aromatic N) is 6. The van der Waals surface area contributed by atoms with Gasteiger partial charge in [0.15, 0.2) is 0 Å². The summed E-state index contributed by atoms with van der Waals surface area (Å²) in [5.41, 5.74) is 6.88. The standard InChI is InChI=1S/C22H43NO.C18H27NO.C16H25NO.C13H17NO.C9H15NO.C8H13NO2.C8H15NO/c1-4-5-6-7-8-9-10-11-12-13-14-15-16-17-18-19-20-23-22(24)21(2)3;1-4-5-6-7-11-14-19(18(20)16(2)3)15-17-12-9-8-10-13-17;1-4-17(15(18)11(2)3)16-8-12-5-13(9-16)7-14(6-12)10-16;1-10(2)13(15)14(4)11(3)12-8-6-5-7-9-12;1-8(2)9(11)10-6-4-3-5-7-10;1-7(2)8(10)9-3-5-11-6-4-9;1-5-9(6-2)8(10)7(3)4/h2,4-20H2,1,3H3,(H,23,24);8-10,12-13H,2,4-7,11,14-15H2,1,3H3;12-14H,2,4-10H2,1,3H3;5-9,11H,1H2,2-4H3;1,3-7H2,2H3;1,3-6H2,2H3;3,5-6H2,1-2,4H3. The highest BCUT2D eigenvalue weighted by Gasteiger charge is 2.54. The van der Waals surface area contributed by atoms with E-state index in [4.69, 9.17) is 4.74 Å². The zero-order chi connectivity index (χ0) is 81.7. The molecule has 0 aromatic heterocycles. The van der Waals surface area contributed by atoms with Crippen molar-refractivity contribution in [3.63, 3.8) is 0 Å². The molecule has 0 radical (unpaired) electrons. The topological polar surface area (TPSA) is 160 Å². The highest BCUT2D eigenvalue weighted by Crippen LogP contribution is 2.58. The van der Waals surface area contributed by atoms with Crippen molar-refractivity contribution in [3.8, 4) is 0 Å². The second kappa shape index (κ2) is 58.7. The molecule has 1 unspecified atom stereocenters. The summed E-state index contributed by atoms with van der Waals surface area (Å²) in [5.74, 6) is 3.17. The van der Waals surface area contributed by atoms with Crippen LogP contribution >= 0.6 is 0 Å². The number of piperidine rings is 1. The van der Waals surface area contributed by atoms with Crippen LogP contribution in [0, 0.1) is 17.8 Å². The smallest absolute Gasteiger partial charge is 0.249 e. The number of hydrogen-bond acceptors (Lipinski definition) is 8. The summed E-state index contributed by atoms with van der Waals surface area (Å²) in [6.45, 7) is 59.9. The summed E-state index contributed by atoms with van der Waals surface area (Å²) in [6, 6.07) is 20.2.